The lowest BCUT2D eigenvalue weighted by Crippen LogP contribution is -2.48. The van der Waals surface area contributed by atoms with Gasteiger partial charge < -0.3 is 15.0 Å². The average molecular weight is 530 g/mol. The molecule has 0 saturated carbocycles. The molecule has 0 unspecified atom stereocenters. The van der Waals surface area contributed by atoms with Crippen molar-refractivity contribution < 1.29 is 13.9 Å². The monoisotopic (exact) mass is 529 g/mol. The Kier molecular flexibility index (Phi) is 7.77. The molecule has 3 aromatic carbocycles. The molecule has 1 aliphatic heterocycles. The Bertz CT molecular complexity index is 1400. The summed E-state index contributed by atoms with van der Waals surface area (Å²) >= 11 is 1.61. The van der Waals surface area contributed by atoms with E-state index >= 15 is 0 Å². The van der Waals surface area contributed by atoms with E-state index in [0.717, 1.165) is 35.0 Å². The Balaban J connectivity index is 1.49. The number of carbonyl (C=O) groups is 1. The number of thiophene rings is 1. The van der Waals surface area contributed by atoms with E-state index in [2.05, 4.69) is 41.1 Å². The Hall–Kier alpha value is -3.68. The number of nitrogens with zero attached hydrogens (tertiary/aromatic N) is 2. The minimum atomic E-state index is -0.192. The van der Waals surface area contributed by atoms with Gasteiger partial charge in [-0.05, 0) is 61.4 Å². The predicted molar refractivity (Wildman–Crippen MR) is 153 cm³/mol. The molecule has 1 aromatic heterocycles. The first-order valence-corrected chi connectivity index (χ1v) is 13.6. The Labute approximate surface area is 227 Å². The van der Waals surface area contributed by atoms with E-state index in [1.165, 1.54) is 16.5 Å². The summed E-state index contributed by atoms with van der Waals surface area (Å²) in [5.74, 6) is 0.488. The molecule has 0 aliphatic carbocycles. The summed E-state index contributed by atoms with van der Waals surface area (Å²) in [6.07, 6.45) is 0. The number of amides is 1. The molecule has 38 heavy (non-hydrogen) atoms. The van der Waals surface area contributed by atoms with Crippen molar-refractivity contribution in [1.29, 1.82) is 0 Å². The van der Waals surface area contributed by atoms with Gasteiger partial charge in [0, 0.05) is 42.2 Å². The number of hydrogen-bond donors (Lipinski definition) is 1. The molecule has 196 valence electrons. The number of para-hydroxylation sites is 1. The zero-order chi connectivity index (χ0) is 26.6. The van der Waals surface area contributed by atoms with Gasteiger partial charge in [0.2, 0.25) is 0 Å². The van der Waals surface area contributed by atoms with Gasteiger partial charge in [0.05, 0.1) is 18.8 Å². The maximum atomic E-state index is 14.5. The van der Waals surface area contributed by atoms with Crippen molar-refractivity contribution >= 4 is 27.9 Å². The quantitative estimate of drug-likeness (QED) is 0.290. The van der Waals surface area contributed by atoms with Gasteiger partial charge in [-0.1, -0.05) is 42.5 Å². The molecule has 1 fully saturated rings. The van der Waals surface area contributed by atoms with Crippen molar-refractivity contribution in [2.24, 2.45) is 0 Å². The molecule has 0 bridgehead atoms. The van der Waals surface area contributed by atoms with Crippen LogP contribution in [0.2, 0.25) is 0 Å². The first-order chi connectivity index (χ1) is 18.5. The van der Waals surface area contributed by atoms with Crippen LogP contribution in [-0.2, 0) is 0 Å². The first-order valence-electron chi connectivity index (χ1n) is 12.8. The number of aryl methyl sites for hydroxylation is 1. The van der Waals surface area contributed by atoms with E-state index < -0.39 is 0 Å². The van der Waals surface area contributed by atoms with Crippen LogP contribution in [0.1, 0.15) is 38.0 Å². The van der Waals surface area contributed by atoms with Crippen LogP contribution < -0.4 is 15.0 Å². The van der Waals surface area contributed by atoms with Crippen LogP contribution in [0.25, 0.3) is 0 Å². The molecule has 1 saturated heterocycles. The second kappa shape index (κ2) is 11.4. The van der Waals surface area contributed by atoms with Crippen molar-refractivity contribution in [2.45, 2.75) is 19.9 Å². The second-order valence-electron chi connectivity index (χ2n) is 9.50. The number of hydrogen-bond acceptors (Lipinski definition) is 5. The number of rotatable bonds is 7. The number of methoxy groups -OCH3 is 1. The van der Waals surface area contributed by atoms with Gasteiger partial charge in [0.25, 0.3) is 5.91 Å². The van der Waals surface area contributed by atoms with Crippen molar-refractivity contribution in [3.05, 3.63) is 112 Å². The number of piperazine rings is 1. The van der Waals surface area contributed by atoms with Crippen LogP contribution in [0.5, 0.6) is 5.75 Å². The van der Waals surface area contributed by atoms with Crippen molar-refractivity contribution in [3.8, 4) is 5.75 Å². The zero-order valence-corrected chi connectivity index (χ0v) is 22.7. The van der Waals surface area contributed by atoms with E-state index in [1.54, 1.807) is 24.5 Å². The fraction of sp³-hybridized carbons (Fsp3) is 0.258. The molecule has 1 N–H and O–H groups in total. The number of nitrogens with one attached hydrogen (secondary N) is 1. The van der Waals surface area contributed by atoms with Gasteiger partial charge >= 0.3 is 0 Å². The third kappa shape index (κ3) is 5.30. The molecule has 0 radical (unpaired) electrons. The van der Waals surface area contributed by atoms with Crippen LogP contribution >= 0.6 is 11.3 Å². The summed E-state index contributed by atoms with van der Waals surface area (Å²) in [5.41, 5.74) is 4.69. The van der Waals surface area contributed by atoms with Gasteiger partial charge in [-0.2, -0.15) is 0 Å². The average Bonchev–Trinajstić information content (AvgIpc) is 3.22. The Morgan fingerprint density at radius 3 is 2.24 bits per heavy atom. The Morgan fingerprint density at radius 2 is 1.58 bits per heavy atom. The molecule has 0 spiro atoms. The third-order valence-electron chi connectivity index (χ3n) is 7.27. The maximum absolute atomic E-state index is 14.5. The Morgan fingerprint density at radius 1 is 0.921 bits per heavy atom. The molecular formula is C31H32FN3O2S. The van der Waals surface area contributed by atoms with Crippen LogP contribution in [0.15, 0.2) is 78.9 Å². The highest BCUT2D eigenvalue weighted by molar-refractivity contribution is 7.16. The third-order valence-corrected chi connectivity index (χ3v) is 8.41. The largest absolute Gasteiger partial charge is 0.497 e. The highest BCUT2D eigenvalue weighted by Crippen LogP contribution is 2.43. The summed E-state index contributed by atoms with van der Waals surface area (Å²) in [6.45, 7) is 7.16. The molecule has 5 nitrogen and oxygen atoms in total. The van der Waals surface area contributed by atoms with E-state index in [0.29, 0.717) is 24.3 Å². The smallest absolute Gasteiger partial charge is 0.256 e. The van der Waals surface area contributed by atoms with Crippen LogP contribution in [0.3, 0.4) is 0 Å². The summed E-state index contributed by atoms with van der Waals surface area (Å²) in [5, 5.41) is 4.08. The minimum absolute atomic E-state index is 0.0697. The lowest BCUT2D eigenvalue weighted by atomic mass is 9.94. The van der Waals surface area contributed by atoms with Crippen LogP contribution in [-0.4, -0.2) is 44.1 Å². The maximum Gasteiger partial charge on any atom is 0.256 e. The number of carbonyl (C=O) groups excluding carboxylic acids is 1. The molecular weight excluding hydrogens is 497 g/mol. The zero-order valence-electron chi connectivity index (χ0n) is 21.9. The molecule has 1 amide bonds. The first kappa shape index (κ1) is 25.9. The fourth-order valence-electron chi connectivity index (χ4n) is 5.11. The molecule has 7 heteroatoms. The second-order valence-corrected chi connectivity index (χ2v) is 10.7. The van der Waals surface area contributed by atoms with Crippen molar-refractivity contribution in [3.63, 3.8) is 0 Å². The van der Waals surface area contributed by atoms with E-state index in [4.69, 9.17) is 4.74 Å². The highest BCUT2D eigenvalue weighted by Gasteiger charge is 2.32. The summed E-state index contributed by atoms with van der Waals surface area (Å²) < 4.78 is 19.9. The lowest BCUT2D eigenvalue weighted by molar-refractivity contribution is 0.102. The predicted octanol–water partition coefficient (Wildman–Crippen LogP) is 6.68. The molecule has 5 rings (SSSR count). The van der Waals surface area contributed by atoms with Crippen molar-refractivity contribution in [2.75, 3.05) is 43.5 Å². The topological polar surface area (TPSA) is 44.8 Å². The molecule has 1 atom stereocenters. The van der Waals surface area contributed by atoms with Crippen LogP contribution in [0, 0.1) is 19.7 Å². The molecule has 4 aromatic rings. The number of ether oxygens (including phenoxy) is 1. The summed E-state index contributed by atoms with van der Waals surface area (Å²) in [4.78, 5) is 18.9. The van der Waals surface area contributed by atoms with Crippen LogP contribution in [0.4, 0.5) is 15.1 Å². The van der Waals surface area contributed by atoms with Gasteiger partial charge in [-0.3, -0.25) is 9.69 Å². The minimum Gasteiger partial charge on any atom is -0.497 e. The number of halogens is 1. The van der Waals surface area contributed by atoms with E-state index in [1.807, 2.05) is 54.6 Å². The van der Waals surface area contributed by atoms with Crippen molar-refractivity contribution in [1.82, 2.24) is 4.90 Å². The van der Waals surface area contributed by atoms with Gasteiger partial charge in [-0.15, -0.1) is 11.3 Å². The normalized spacial score (nSPS) is 14.8. The lowest BCUT2D eigenvalue weighted by Gasteiger charge is -2.41. The van der Waals surface area contributed by atoms with Gasteiger partial charge in [0.1, 0.15) is 16.6 Å². The number of anilines is 2. The molecule has 1 aliphatic rings. The number of benzene rings is 3. The standard InChI is InChI=1S/C31H32FN3O2S/c1-21-22(2)38-31(33-30(36)24-9-5-4-6-10-24)28(21)29(23-13-15-25(37-3)16-14-23)35-19-17-34(18-20-35)27-12-8-7-11-26(27)32/h4-16,29H,17-20H2,1-3H3,(H,33,36)/t29-/m0/s1. The van der Waals surface area contributed by atoms with E-state index in [9.17, 15) is 9.18 Å². The SMILES string of the molecule is COc1ccc([C@@H](c2c(NC(=O)c3ccccc3)sc(C)c2C)N2CCN(c3ccccc3F)CC2)cc1. The molecule has 2 heterocycles. The van der Waals surface area contributed by atoms with Gasteiger partial charge in [-0.25, -0.2) is 4.39 Å². The van der Waals surface area contributed by atoms with E-state index in [-0.39, 0.29) is 17.8 Å². The fourth-order valence-corrected chi connectivity index (χ4v) is 6.19. The summed E-state index contributed by atoms with van der Waals surface area (Å²) in [7, 11) is 1.66. The summed E-state index contributed by atoms with van der Waals surface area (Å²) in [6, 6.07) is 24.3. The van der Waals surface area contributed by atoms with Gasteiger partial charge in [0.15, 0.2) is 0 Å². The highest BCUT2D eigenvalue weighted by atomic mass is 32.1.